The molecule has 0 aromatic heterocycles. The fraction of sp³-hybridized carbons (Fsp3) is 0.364. The van der Waals surface area contributed by atoms with E-state index in [1.807, 2.05) is 26.0 Å². The van der Waals surface area contributed by atoms with Gasteiger partial charge >= 0.3 is 6.09 Å². The van der Waals surface area contributed by atoms with Gasteiger partial charge in [-0.25, -0.2) is 4.79 Å². The van der Waals surface area contributed by atoms with Gasteiger partial charge in [-0.15, -0.1) is 0 Å². The smallest absolute Gasteiger partial charge is 0.412 e. The Kier molecular flexibility index (Phi) is 2.07. The molecular weight excluding hydrogens is 194 g/mol. The number of methoxy groups -OCH3 is 1. The van der Waals surface area contributed by atoms with Gasteiger partial charge in [-0.1, -0.05) is 12.1 Å². The van der Waals surface area contributed by atoms with Crippen molar-refractivity contribution in [3.05, 3.63) is 23.8 Å². The van der Waals surface area contributed by atoms with Gasteiger partial charge in [0.25, 0.3) is 0 Å². The van der Waals surface area contributed by atoms with Gasteiger partial charge in [0, 0.05) is 5.56 Å². The molecule has 1 amide bonds. The first-order chi connectivity index (χ1) is 7.04. The van der Waals surface area contributed by atoms with Crippen LogP contribution >= 0.6 is 0 Å². The molecule has 80 valence electrons. The lowest BCUT2D eigenvalue weighted by atomic mass is 9.94. The minimum absolute atomic E-state index is 0.447. The van der Waals surface area contributed by atoms with Gasteiger partial charge in [0.2, 0.25) is 0 Å². The van der Waals surface area contributed by atoms with Crippen LogP contribution in [0.2, 0.25) is 0 Å². The van der Waals surface area contributed by atoms with Gasteiger partial charge in [-0.2, -0.15) is 0 Å². The SMILES string of the molecule is COc1cccc2c1NC(=O)OC2(C)C. The van der Waals surface area contributed by atoms with E-state index < -0.39 is 11.7 Å². The maximum Gasteiger partial charge on any atom is 0.412 e. The van der Waals surface area contributed by atoms with E-state index in [4.69, 9.17) is 9.47 Å². The van der Waals surface area contributed by atoms with Gasteiger partial charge in [0.1, 0.15) is 11.4 Å². The van der Waals surface area contributed by atoms with Crippen molar-refractivity contribution >= 4 is 11.8 Å². The Hall–Kier alpha value is -1.71. The number of cyclic esters (lactones) is 1. The average Bonchev–Trinajstić information content (AvgIpc) is 2.15. The lowest BCUT2D eigenvalue weighted by Crippen LogP contribution is -2.34. The Labute approximate surface area is 88.2 Å². The molecule has 1 aliphatic rings. The third-order valence-corrected chi connectivity index (χ3v) is 2.47. The summed E-state index contributed by atoms with van der Waals surface area (Å²) in [6.07, 6.45) is -0.447. The summed E-state index contributed by atoms with van der Waals surface area (Å²) in [5, 5.41) is 2.65. The molecule has 0 radical (unpaired) electrons. The summed E-state index contributed by atoms with van der Waals surface area (Å²) in [7, 11) is 1.57. The number of carbonyl (C=O) groups is 1. The molecule has 1 N–H and O–H groups in total. The molecule has 1 heterocycles. The zero-order valence-corrected chi connectivity index (χ0v) is 8.96. The summed E-state index contributed by atoms with van der Waals surface area (Å²) in [6, 6.07) is 5.60. The van der Waals surface area contributed by atoms with Gasteiger partial charge < -0.3 is 9.47 Å². The zero-order chi connectivity index (χ0) is 11.1. The van der Waals surface area contributed by atoms with E-state index in [1.165, 1.54) is 0 Å². The molecule has 0 spiro atoms. The van der Waals surface area contributed by atoms with Gasteiger partial charge in [-0.3, -0.25) is 5.32 Å². The highest BCUT2D eigenvalue weighted by Crippen LogP contribution is 2.40. The largest absolute Gasteiger partial charge is 0.495 e. The Balaban J connectivity index is 2.60. The first-order valence-electron chi connectivity index (χ1n) is 4.72. The Morgan fingerprint density at radius 3 is 2.80 bits per heavy atom. The minimum atomic E-state index is -0.619. The number of rotatable bonds is 1. The number of hydrogen-bond acceptors (Lipinski definition) is 3. The first-order valence-corrected chi connectivity index (χ1v) is 4.72. The second-order valence-electron chi connectivity index (χ2n) is 3.91. The lowest BCUT2D eigenvalue weighted by molar-refractivity contribution is 0.0417. The number of amides is 1. The number of benzene rings is 1. The van der Waals surface area contributed by atoms with Crippen molar-refractivity contribution in [3.8, 4) is 5.75 Å². The first kappa shape index (κ1) is 9.83. The standard InChI is InChI=1S/C11H13NO3/c1-11(2)7-5-4-6-8(14-3)9(7)12-10(13)15-11/h4-6H,1-3H3,(H,12,13). The summed E-state index contributed by atoms with van der Waals surface area (Å²) in [6.45, 7) is 3.70. The molecule has 1 aliphatic heterocycles. The predicted octanol–water partition coefficient (Wildman–Crippen LogP) is 2.49. The van der Waals surface area contributed by atoms with E-state index in [1.54, 1.807) is 13.2 Å². The third-order valence-electron chi connectivity index (χ3n) is 2.47. The van der Waals surface area contributed by atoms with Crippen LogP contribution in [0, 0.1) is 0 Å². The quantitative estimate of drug-likeness (QED) is 0.769. The van der Waals surface area contributed by atoms with Crippen molar-refractivity contribution in [2.45, 2.75) is 19.4 Å². The summed E-state index contributed by atoms with van der Waals surface area (Å²) in [4.78, 5) is 11.3. The van der Waals surface area contributed by atoms with Crippen LogP contribution in [-0.4, -0.2) is 13.2 Å². The van der Waals surface area contributed by atoms with Crippen LogP contribution in [0.25, 0.3) is 0 Å². The molecular formula is C11H13NO3. The highest BCUT2D eigenvalue weighted by Gasteiger charge is 2.34. The van der Waals surface area contributed by atoms with E-state index in [0.29, 0.717) is 11.4 Å². The number of fused-ring (bicyclic) bond motifs is 1. The molecule has 4 heteroatoms. The molecule has 1 aromatic carbocycles. The van der Waals surface area contributed by atoms with Crippen LogP contribution in [0.15, 0.2) is 18.2 Å². The Morgan fingerprint density at radius 2 is 2.13 bits per heavy atom. The highest BCUT2D eigenvalue weighted by molar-refractivity contribution is 5.91. The van der Waals surface area contributed by atoms with E-state index in [2.05, 4.69) is 5.32 Å². The van der Waals surface area contributed by atoms with Crippen molar-refractivity contribution in [1.29, 1.82) is 0 Å². The number of nitrogens with one attached hydrogen (secondary N) is 1. The van der Waals surface area contributed by atoms with E-state index in [9.17, 15) is 4.79 Å². The zero-order valence-electron chi connectivity index (χ0n) is 8.96. The number of ether oxygens (including phenoxy) is 2. The molecule has 1 aromatic rings. The second-order valence-corrected chi connectivity index (χ2v) is 3.91. The van der Waals surface area contributed by atoms with Crippen LogP contribution in [0.1, 0.15) is 19.4 Å². The molecule has 4 nitrogen and oxygen atoms in total. The van der Waals surface area contributed by atoms with E-state index >= 15 is 0 Å². The average molecular weight is 207 g/mol. The molecule has 0 saturated heterocycles. The van der Waals surface area contributed by atoms with Crippen molar-refractivity contribution in [2.24, 2.45) is 0 Å². The summed E-state index contributed by atoms with van der Waals surface area (Å²) in [5.74, 6) is 0.650. The van der Waals surface area contributed by atoms with Crippen molar-refractivity contribution < 1.29 is 14.3 Å². The van der Waals surface area contributed by atoms with Gasteiger partial charge in [0.05, 0.1) is 12.8 Å². The fourth-order valence-corrected chi connectivity index (χ4v) is 1.75. The minimum Gasteiger partial charge on any atom is -0.495 e. The normalized spacial score (nSPS) is 17.4. The maximum atomic E-state index is 11.3. The van der Waals surface area contributed by atoms with Crippen molar-refractivity contribution in [2.75, 3.05) is 12.4 Å². The molecule has 0 unspecified atom stereocenters. The second kappa shape index (κ2) is 3.15. The Morgan fingerprint density at radius 1 is 1.40 bits per heavy atom. The third kappa shape index (κ3) is 1.52. The topological polar surface area (TPSA) is 47.6 Å². The Bertz CT molecular complexity index is 412. The van der Waals surface area contributed by atoms with E-state index in [0.717, 1.165) is 5.56 Å². The van der Waals surface area contributed by atoms with Crippen LogP contribution in [-0.2, 0) is 10.3 Å². The predicted molar refractivity (Wildman–Crippen MR) is 56.1 cm³/mol. The molecule has 0 saturated carbocycles. The molecule has 0 aliphatic carbocycles. The van der Waals surface area contributed by atoms with Gasteiger partial charge in [-0.05, 0) is 19.9 Å². The van der Waals surface area contributed by atoms with Crippen LogP contribution in [0.3, 0.4) is 0 Å². The number of anilines is 1. The molecule has 15 heavy (non-hydrogen) atoms. The van der Waals surface area contributed by atoms with Gasteiger partial charge in [0.15, 0.2) is 0 Å². The molecule has 0 fully saturated rings. The number of hydrogen-bond donors (Lipinski definition) is 1. The lowest BCUT2D eigenvalue weighted by Gasteiger charge is -2.33. The summed E-state index contributed by atoms with van der Waals surface area (Å²) >= 11 is 0. The van der Waals surface area contributed by atoms with Crippen molar-refractivity contribution in [3.63, 3.8) is 0 Å². The van der Waals surface area contributed by atoms with E-state index in [-0.39, 0.29) is 0 Å². The monoisotopic (exact) mass is 207 g/mol. The van der Waals surface area contributed by atoms with Crippen LogP contribution in [0.5, 0.6) is 5.75 Å². The summed E-state index contributed by atoms with van der Waals surface area (Å²) < 4.78 is 10.4. The summed E-state index contributed by atoms with van der Waals surface area (Å²) in [5.41, 5.74) is 0.995. The molecule has 0 bridgehead atoms. The number of para-hydroxylation sites is 1. The highest BCUT2D eigenvalue weighted by atomic mass is 16.6. The molecule has 2 rings (SSSR count). The maximum absolute atomic E-state index is 11.3. The number of carbonyl (C=O) groups excluding carboxylic acids is 1. The fourth-order valence-electron chi connectivity index (χ4n) is 1.75. The van der Waals surface area contributed by atoms with Crippen LogP contribution < -0.4 is 10.1 Å². The molecule has 0 atom stereocenters. The van der Waals surface area contributed by atoms with Crippen molar-refractivity contribution in [1.82, 2.24) is 0 Å². The van der Waals surface area contributed by atoms with Crippen LogP contribution in [0.4, 0.5) is 10.5 Å².